The highest BCUT2D eigenvalue weighted by Crippen LogP contribution is 2.19. The quantitative estimate of drug-likeness (QED) is 0.826. The average molecular weight is 265 g/mol. The van der Waals surface area contributed by atoms with E-state index in [0.717, 1.165) is 11.0 Å². The van der Waals surface area contributed by atoms with Crippen LogP contribution in [0.1, 0.15) is 20.8 Å². The molecule has 1 heterocycles. The van der Waals surface area contributed by atoms with E-state index in [4.69, 9.17) is 15.2 Å². The topological polar surface area (TPSA) is 90.2 Å². The Morgan fingerprint density at radius 3 is 2.84 bits per heavy atom. The Morgan fingerprint density at radius 2 is 2.16 bits per heavy atom. The van der Waals surface area contributed by atoms with E-state index in [-0.39, 0.29) is 6.61 Å². The Labute approximate surface area is 111 Å². The van der Waals surface area contributed by atoms with Crippen LogP contribution in [0, 0.1) is 0 Å². The summed E-state index contributed by atoms with van der Waals surface area (Å²) in [7, 11) is 0. The average Bonchev–Trinajstić information content (AvgIpc) is 2.78. The number of nitrogens with zero attached hydrogens (tertiary/aromatic N) is 1. The fourth-order valence-corrected chi connectivity index (χ4v) is 1.44. The number of carbonyl (C=O) groups is 1. The summed E-state index contributed by atoms with van der Waals surface area (Å²) < 4.78 is 10.0. The lowest BCUT2D eigenvalue weighted by Gasteiger charge is -2.05. The van der Waals surface area contributed by atoms with Crippen molar-refractivity contribution >= 4 is 23.0 Å². The van der Waals surface area contributed by atoms with Crippen molar-refractivity contribution in [1.29, 1.82) is 0 Å². The van der Waals surface area contributed by atoms with Gasteiger partial charge in [0.25, 0.3) is 0 Å². The molecule has 0 aliphatic carbocycles. The van der Waals surface area contributed by atoms with Crippen molar-refractivity contribution < 1.29 is 14.3 Å². The van der Waals surface area contributed by atoms with Gasteiger partial charge in [-0.3, -0.25) is 0 Å². The van der Waals surface area contributed by atoms with E-state index in [0.29, 0.717) is 18.3 Å². The summed E-state index contributed by atoms with van der Waals surface area (Å²) in [4.78, 5) is 18.0. The number of nitrogen functional groups attached to an aromatic ring is 1. The first-order chi connectivity index (χ1) is 9.19. The number of nitrogens with two attached hydrogens (primary N) is 1. The Morgan fingerprint density at radius 1 is 1.42 bits per heavy atom. The first-order valence-electron chi connectivity index (χ1n) is 6.22. The van der Waals surface area contributed by atoms with E-state index in [1.165, 1.54) is 0 Å². The molecule has 6 heteroatoms. The van der Waals surface area contributed by atoms with Crippen LogP contribution in [0.4, 0.5) is 5.95 Å². The molecular formula is C13H19N3O3. The van der Waals surface area contributed by atoms with Gasteiger partial charge in [0.2, 0.25) is 0 Å². The predicted molar refractivity (Wildman–Crippen MR) is 74.0 cm³/mol. The number of benzene rings is 1. The number of anilines is 1. The molecule has 0 aliphatic heterocycles. The molecule has 2 rings (SSSR count). The molecule has 3 N–H and O–H groups in total. The lowest BCUT2D eigenvalue weighted by molar-refractivity contribution is -0.145. The van der Waals surface area contributed by atoms with Gasteiger partial charge < -0.3 is 20.2 Å². The largest absolute Gasteiger partial charge is 0.482 e. The van der Waals surface area contributed by atoms with Crippen LogP contribution >= 0.6 is 0 Å². The van der Waals surface area contributed by atoms with E-state index in [9.17, 15) is 4.79 Å². The second kappa shape index (κ2) is 7.25. The maximum absolute atomic E-state index is 11.1. The van der Waals surface area contributed by atoms with Gasteiger partial charge >= 0.3 is 5.97 Å². The minimum Gasteiger partial charge on any atom is -0.482 e. The van der Waals surface area contributed by atoms with Gasteiger partial charge in [-0.05, 0) is 19.1 Å². The number of rotatable bonds is 4. The number of ether oxygens (including phenoxy) is 2. The van der Waals surface area contributed by atoms with Crippen molar-refractivity contribution in [1.82, 2.24) is 9.97 Å². The number of imidazole rings is 1. The van der Waals surface area contributed by atoms with Crippen molar-refractivity contribution in [2.45, 2.75) is 20.8 Å². The third-order valence-corrected chi connectivity index (χ3v) is 2.13. The highest BCUT2D eigenvalue weighted by atomic mass is 16.6. The summed E-state index contributed by atoms with van der Waals surface area (Å²) >= 11 is 0. The van der Waals surface area contributed by atoms with Gasteiger partial charge in [0.05, 0.1) is 17.6 Å². The Balaban J connectivity index is 0.000000861. The van der Waals surface area contributed by atoms with E-state index in [2.05, 4.69) is 9.97 Å². The van der Waals surface area contributed by atoms with E-state index in [1.54, 1.807) is 25.1 Å². The monoisotopic (exact) mass is 265 g/mol. The predicted octanol–water partition coefficient (Wildman–Crippen LogP) is 2.11. The molecule has 0 radical (unpaired) electrons. The van der Waals surface area contributed by atoms with Crippen LogP contribution in [0.5, 0.6) is 5.75 Å². The van der Waals surface area contributed by atoms with Crippen LogP contribution in [0.15, 0.2) is 18.2 Å². The number of hydrogen-bond donors (Lipinski definition) is 2. The van der Waals surface area contributed by atoms with Crippen LogP contribution in [0.3, 0.4) is 0 Å². The normalized spacial score (nSPS) is 9.63. The Bertz CT molecular complexity index is 537. The molecule has 0 bridgehead atoms. The molecule has 0 aliphatic rings. The smallest absolute Gasteiger partial charge is 0.344 e. The number of H-pyrrole nitrogens is 1. The highest BCUT2D eigenvalue weighted by Gasteiger charge is 2.05. The standard InChI is InChI=1S/C11H13N3O3.C2H6/c1-2-16-10(15)6-17-7-3-4-8-9(5-7)14-11(12)13-8;1-2/h3-5H,2,6H2,1H3,(H3,12,13,14);1-2H3. The second-order valence-corrected chi connectivity index (χ2v) is 3.39. The third-order valence-electron chi connectivity index (χ3n) is 2.13. The lowest BCUT2D eigenvalue weighted by Crippen LogP contribution is -2.14. The van der Waals surface area contributed by atoms with Crippen LogP contribution in [-0.2, 0) is 9.53 Å². The van der Waals surface area contributed by atoms with Gasteiger partial charge in [0.1, 0.15) is 5.75 Å². The molecule has 0 saturated heterocycles. The van der Waals surface area contributed by atoms with E-state index < -0.39 is 5.97 Å². The first-order valence-corrected chi connectivity index (χ1v) is 6.22. The minimum atomic E-state index is -0.392. The molecule has 1 aromatic heterocycles. The highest BCUT2D eigenvalue weighted by molar-refractivity contribution is 5.79. The Hall–Kier alpha value is -2.24. The zero-order valence-electron chi connectivity index (χ0n) is 11.4. The summed E-state index contributed by atoms with van der Waals surface area (Å²) in [6, 6.07) is 5.22. The van der Waals surface area contributed by atoms with Crippen molar-refractivity contribution in [3.63, 3.8) is 0 Å². The number of fused-ring (bicyclic) bond motifs is 1. The fraction of sp³-hybridized carbons (Fsp3) is 0.385. The van der Waals surface area contributed by atoms with Crippen LogP contribution in [-0.4, -0.2) is 29.2 Å². The second-order valence-electron chi connectivity index (χ2n) is 3.39. The number of hydrogen-bond acceptors (Lipinski definition) is 5. The Kier molecular flexibility index (Phi) is 5.66. The summed E-state index contributed by atoms with van der Waals surface area (Å²) in [5, 5.41) is 0. The zero-order chi connectivity index (χ0) is 14.3. The SMILES string of the molecule is CC.CCOC(=O)COc1ccc2nc(N)[nH]c2c1. The maximum Gasteiger partial charge on any atom is 0.344 e. The van der Waals surface area contributed by atoms with Gasteiger partial charge in [0, 0.05) is 6.07 Å². The van der Waals surface area contributed by atoms with Gasteiger partial charge in [0.15, 0.2) is 12.6 Å². The summed E-state index contributed by atoms with van der Waals surface area (Å²) in [5.74, 6) is 0.522. The molecule has 6 nitrogen and oxygen atoms in total. The maximum atomic E-state index is 11.1. The number of aromatic amines is 1. The molecule has 2 aromatic rings. The van der Waals surface area contributed by atoms with Crippen molar-refractivity contribution in [3.05, 3.63) is 18.2 Å². The molecule has 1 aromatic carbocycles. The van der Waals surface area contributed by atoms with Gasteiger partial charge in [-0.1, -0.05) is 13.8 Å². The molecule has 19 heavy (non-hydrogen) atoms. The molecule has 0 fully saturated rings. The zero-order valence-corrected chi connectivity index (χ0v) is 11.4. The van der Waals surface area contributed by atoms with Gasteiger partial charge in [-0.25, -0.2) is 9.78 Å². The van der Waals surface area contributed by atoms with Crippen molar-refractivity contribution in [2.24, 2.45) is 0 Å². The van der Waals surface area contributed by atoms with Crippen LogP contribution < -0.4 is 10.5 Å². The van der Waals surface area contributed by atoms with Gasteiger partial charge in [-0.15, -0.1) is 0 Å². The number of nitrogens with one attached hydrogen (secondary N) is 1. The minimum absolute atomic E-state index is 0.108. The number of esters is 1. The molecule has 0 atom stereocenters. The van der Waals surface area contributed by atoms with Gasteiger partial charge in [-0.2, -0.15) is 0 Å². The molecular weight excluding hydrogens is 246 g/mol. The first kappa shape index (κ1) is 14.8. The molecule has 0 saturated carbocycles. The lowest BCUT2D eigenvalue weighted by atomic mass is 10.3. The van der Waals surface area contributed by atoms with Crippen LogP contribution in [0.2, 0.25) is 0 Å². The number of aromatic nitrogens is 2. The molecule has 0 spiro atoms. The van der Waals surface area contributed by atoms with Crippen LogP contribution in [0.25, 0.3) is 11.0 Å². The van der Waals surface area contributed by atoms with Crippen molar-refractivity contribution in [3.8, 4) is 5.75 Å². The van der Waals surface area contributed by atoms with Crippen molar-refractivity contribution in [2.75, 3.05) is 18.9 Å². The summed E-state index contributed by atoms with van der Waals surface area (Å²) in [6.45, 7) is 5.98. The third kappa shape index (κ3) is 4.17. The van der Waals surface area contributed by atoms with E-state index >= 15 is 0 Å². The molecule has 0 amide bonds. The summed E-state index contributed by atoms with van der Waals surface area (Å²) in [6.07, 6.45) is 0. The van der Waals surface area contributed by atoms with E-state index in [1.807, 2.05) is 13.8 Å². The summed E-state index contributed by atoms with van der Waals surface area (Å²) in [5.41, 5.74) is 7.04. The molecule has 104 valence electrons. The molecule has 0 unspecified atom stereocenters. The number of carbonyl (C=O) groups excluding carboxylic acids is 1. The fourth-order valence-electron chi connectivity index (χ4n) is 1.44.